The second-order valence-corrected chi connectivity index (χ2v) is 7.78. The van der Waals surface area contributed by atoms with Crippen molar-refractivity contribution in [1.29, 1.82) is 0 Å². The maximum absolute atomic E-state index is 13.5. The summed E-state index contributed by atoms with van der Waals surface area (Å²) in [6.07, 6.45) is 2.51. The van der Waals surface area contributed by atoms with Crippen molar-refractivity contribution < 1.29 is 9.90 Å². The van der Waals surface area contributed by atoms with Crippen molar-refractivity contribution in [1.82, 2.24) is 25.4 Å². The number of carbonyl (C=O) groups is 1. The Morgan fingerprint density at radius 1 is 1.25 bits per heavy atom. The van der Waals surface area contributed by atoms with Gasteiger partial charge in [-0.1, -0.05) is 0 Å². The van der Waals surface area contributed by atoms with Crippen LogP contribution in [-0.2, 0) is 0 Å². The third-order valence-corrected chi connectivity index (χ3v) is 5.79. The lowest BCUT2D eigenvalue weighted by Crippen LogP contribution is -2.53. The maximum atomic E-state index is 13.5. The molecular weight excluding hydrogens is 354 g/mol. The van der Waals surface area contributed by atoms with Crippen LogP contribution < -0.4 is 5.32 Å². The summed E-state index contributed by atoms with van der Waals surface area (Å²) in [5.74, 6) is 0.936. The minimum absolute atomic E-state index is 0.0316. The highest BCUT2D eigenvalue weighted by Crippen LogP contribution is 2.34. The van der Waals surface area contributed by atoms with E-state index in [-0.39, 0.29) is 11.7 Å². The zero-order chi connectivity index (χ0) is 19.3. The van der Waals surface area contributed by atoms with Gasteiger partial charge in [0.1, 0.15) is 5.75 Å². The lowest BCUT2D eigenvalue weighted by Gasteiger charge is -2.34. The third kappa shape index (κ3) is 3.01. The SMILES string of the molecule is Cc1n[nH]c2nc(-c3ccc(O)cc3)cc(C(=O)N3CCNC(C4CC4)C3)c12. The van der Waals surface area contributed by atoms with E-state index < -0.39 is 0 Å². The van der Waals surface area contributed by atoms with Gasteiger partial charge in [-0.3, -0.25) is 9.89 Å². The van der Waals surface area contributed by atoms with Crippen LogP contribution in [0.2, 0.25) is 0 Å². The topological polar surface area (TPSA) is 94.1 Å². The first kappa shape index (κ1) is 17.2. The lowest BCUT2D eigenvalue weighted by molar-refractivity contribution is 0.0696. The number of hydrogen-bond acceptors (Lipinski definition) is 5. The van der Waals surface area contributed by atoms with E-state index in [0.717, 1.165) is 29.7 Å². The van der Waals surface area contributed by atoms with Crippen molar-refractivity contribution in [2.75, 3.05) is 19.6 Å². The molecule has 0 radical (unpaired) electrons. The van der Waals surface area contributed by atoms with Crippen molar-refractivity contribution in [3.63, 3.8) is 0 Å². The molecule has 2 fully saturated rings. The van der Waals surface area contributed by atoms with E-state index in [0.29, 0.717) is 35.4 Å². The average Bonchev–Trinajstić information content (AvgIpc) is 3.51. The van der Waals surface area contributed by atoms with Crippen LogP contribution >= 0.6 is 0 Å². The molecule has 0 spiro atoms. The number of pyridine rings is 1. The zero-order valence-corrected chi connectivity index (χ0v) is 15.8. The average molecular weight is 377 g/mol. The molecule has 5 rings (SSSR count). The first-order valence-corrected chi connectivity index (χ1v) is 9.78. The molecule has 1 amide bonds. The van der Waals surface area contributed by atoms with E-state index in [4.69, 9.17) is 0 Å². The van der Waals surface area contributed by atoms with Gasteiger partial charge in [-0.2, -0.15) is 5.10 Å². The summed E-state index contributed by atoms with van der Waals surface area (Å²) in [7, 11) is 0. The Morgan fingerprint density at radius 3 is 2.79 bits per heavy atom. The fourth-order valence-corrected chi connectivity index (χ4v) is 4.08. The number of H-pyrrole nitrogens is 1. The number of aromatic amines is 1. The van der Waals surface area contributed by atoms with Crippen molar-refractivity contribution >= 4 is 16.9 Å². The molecule has 1 saturated carbocycles. The molecule has 3 heterocycles. The molecule has 1 aliphatic heterocycles. The summed E-state index contributed by atoms with van der Waals surface area (Å²) in [5.41, 5.74) is 3.55. The number of aromatic nitrogens is 3. The minimum atomic E-state index is 0.0316. The molecule has 7 heteroatoms. The third-order valence-electron chi connectivity index (χ3n) is 5.79. The maximum Gasteiger partial charge on any atom is 0.254 e. The summed E-state index contributed by atoms with van der Waals surface area (Å²) in [4.78, 5) is 20.1. The summed E-state index contributed by atoms with van der Waals surface area (Å²) >= 11 is 0. The van der Waals surface area contributed by atoms with Crippen molar-refractivity contribution in [3.05, 3.63) is 41.6 Å². The van der Waals surface area contributed by atoms with E-state index in [1.165, 1.54) is 12.8 Å². The number of carbonyl (C=O) groups excluding carboxylic acids is 1. The van der Waals surface area contributed by atoms with E-state index in [9.17, 15) is 9.90 Å². The molecule has 1 atom stereocenters. The predicted octanol–water partition coefficient (Wildman–Crippen LogP) is 2.46. The minimum Gasteiger partial charge on any atom is -0.508 e. The Kier molecular flexibility index (Phi) is 4.05. The Labute approximate surface area is 162 Å². The van der Waals surface area contributed by atoms with E-state index >= 15 is 0 Å². The van der Waals surface area contributed by atoms with Crippen LogP contribution in [0.3, 0.4) is 0 Å². The number of aryl methyl sites for hydroxylation is 1. The number of nitrogens with zero attached hydrogens (tertiary/aromatic N) is 3. The normalized spacial score (nSPS) is 19.9. The second-order valence-electron chi connectivity index (χ2n) is 7.78. The highest BCUT2D eigenvalue weighted by molar-refractivity contribution is 6.07. The van der Waals surface area contributed by atoms with E-state index in [1.54, 1.807) is 24.3 Å². The highest BCUT2D eigenvalue weighted by Gasteiger charge is 2.36. The number of hydrogen-bond donors (Lipinski definition) is 3. The van der Waals surface area contributed by atoms with Crippen LogP contribution in [0.5, 0.6) is 5.75 Å². The van der Waals surface area contributed by atoms with Gasteiger partial charge in [-0.05, 0) is 56.0 Å². The molecular formula is C21H23N5O2. The fraction of sp³-hybridized carbons (Fsp3) is 0.381. The molecule has 3 N–H and O–H groups in total. The highest BCUT2D eigenvalue weighted by atomic mass is 16.3. The lowest BCUT2D eigenvalue weighted by atomic mass is 10.0. The number of amides is 1. The van der Waals surface area contributed by atoms with Crippen LogP contribution in [0.15, 0.2) is 30.3 Å². The first-order chi connectivity index (χ1) is 13.6. The summed E-state index contributed by atoms with van der Waals surface area (Å²) in [5, 5.41) is 21.1. The van der Waals surface area contributed by atoms with E-state index in [1.807, 2.05) is 17.9 Å². The predicted molar refractivity (Wildman–Crippen MR) is 106 cm³/mol. The Morgan fingerprint density at radius 2 is 2.04 bits per heavy atom. The molecule has 28 heavy (non-hydrogen) atoms. The van der Waals surface area contributed by atoms with E-state index in [2.05, 4.69) is 20.5 Å². The molecule has 1 unspecified atom stereocenters. The number of nitrogens with one attached hydrogen (secondary N) is 2. The second kappa shape index (κ2) is 6.60. The first-order valence-electron chi connectivity index (χ1n) is 9.78. The van der Waals surface area contributed by atoms with Crippen molar-refractivity contribution in [2.45, 2.75) is 25.8 Å². The number of fused-ring (bicyclic) bond motifs is 1. The zero-order valence-electron chi connectivity index (χ0n) is 15.8. The van der Waals surface area contributed by atoms with Gasteiger partial charge < -0.3 is 15.3 Å². The number of benzene rings is 1. The van der Waals surface area contributed by atoms with Gasteiger partial charge in [0, 0.05) is 31.2 Å². The Balaban J connectivity index is 1.55. The number of piperazine rings is 1. The van der Waals surface area contributed by atoms with Gasteiger partial charge in [0.05, 0.1) is 22.3 Å². The molecule has 7 nitrogen and oxygen atoms in total. The van der Waals surface area contributed by atoms with Crippen LogP contribution in [0, 0.1) is 12.8 Å². The smallest absolute Gasteiger partial charge is 0.254 e. The van der Waals surface area contributed by atoms with Gasteiger partial charge >= 0.3 is 0 Å². The molecule has 2 aromatic heterocycles. The Bertz CT molecular complexity index is 1040. The van der Waals surface area contributed by atoms with Crippen LogP contribution in [0.1, 0.15) is 28.9 Å². The molecule has 0 bridgehead atoms. The summed E-state index contributed by atoms with van der Waals surface area (Å²) in [6.45, 7) is 4.18. The largest absolute Gasteiger partial charge is 0.508 e. The van der Waals surface area contributed by atoms with Crippen LogP contribution in [0.4, 0.5) is 0 Å². The van der Waals surface area contributed by atoms with Crippen molar-refractivity contribution in [2.24, 2.45) is 5.92 Å². The molecule has 1 aromatic carbocycles. The van der Waals surface area contributed by atoms with Crippen LogP contribution in [-0.4, -0.2) is 56.8 Å². The molecule has 144 valence electrons. The summed E-state index contributed by atoms with van der Waals surface area (Å²) in [6, 6.07) is 9.10. The number of rotatable bonds is 3. The summed E-state index contributed by atoms with van der Waals surface area (Å²) < 4.78 is 0. The fourth-order valence-electron chi connectivity index (χ4n) is 4.08. The standard InChI is InChI=1S/C21H23N5O2/c1-12-19-16(21(28)26-9-8-22-18(11-26)14-2-3-14)10-17(23-20(19)25-24-12)13-4-6-15(27)7-5-13/h4-7,10,14,18,22,27H,2-3,8-9,11H2,1H3,(H,23,24,25). The van der Waals surface area contributed by atoms with Gasteiger partial charge in [0.15, 0.2) is 5.65 Å². The number of phenols is 1. The van der Waals surface area contributed by atoms with Gasteiger partial charge in [0.2, 0.25) is 0 Å². The quantitative estimate of drug-likeness (QED) is 0.652. The van der Waals surface area contributed by atoms with Gasteiger partial charge in [0.25, 0.3) is 5.91 Å². The van der Waals surface area contributed by atoms with Gasteiger partial charge in [-0.15, -0.1) is 0 Å². The van der Waals surface area contributed by atoms with Gasteiger partial charge in [-0.25, -0.2) is 4.98 Å². The molecule has 1 saturated heterocycles. The molecule has 1 aliphatic carbocycles. The van der Waals surface area contributed by atoms with Crippen molar-refractivity contribution in [3.8, 4) is 17.0 Å². The molecule has 2 aliphatic rings. The monoisotopic (exact) mass is 377 g/mol. The number of phenolic OH excluding ortho intramolecular Hbond substituents is 1. The Hall–Kier alpha value is -2.93. The number of aromatic hydroxyl groups is 1. The molecule has 3 aromatic rings. The van der Waals surface area contributed by atoms with Crippen LogP contribution in [0.25, 0.3) is 22.3 Å².